The highest BCUT2D eigenvalue weighted by Crippen LogP contribution is 2.26. The maximum atomic E-state index is 12.9. The average Bonchev–Trinajstić information content (AvgIpc) is 2.85. The van der Waals surface area contributed by atoms with Crippen molar-refractivity contribution in [2.75, 3.05) is 10.6 Å². The van der Waals surface area contributed by atoms with Crippen LogP contribution in [0, 0.1) is 5.92 Å². The van der Waals surface area contributed by atoms with Crippen LogP contribution >= 0.6 is 0 Å². The Morgan fingerprint density at radius 3 is 2.56 bits per heavy atom. The number of benzene rings is 1. The summed E-state index contributed by atoms with van der Waals surface area (Å²) in [5, 5.41) is 5.76. The van der Waals surface area contributed by atoms with Gasteiger partial charge in [0.15, 0.2) is 11.6 Å². The summed E-state index contributed by atoms with van der Waals surface area (Å²) in [6.07, 6.45) is 10.2. The SMILES string of the molecule is O=C(Nc1ncccc1OCc1ccncc1)c1cccc(NC(=O)C2CCCCC2)c1. The molecule has 1 aliphatic rings. The molecule has 1 fully saturated rings. The molecule has 0 atom stereocenters. The van der Waals surface area contributed by atoms with Gasteiger partial charge in [0.1, 0.15) is 6.61 Å². The van der Waals surface area contributed by atoms with E-state index in [-0.39, 0.29) is 17.7 Å². The maximum Gasteiger partial charge on any atom is 0.256 e. The van der Waals surface area contributed by atoms with Crippen LogP contribution < -0.4 is 15.4 Å². The van der Waals surface area contributed by atoms with Gasteiger partial charge in [-0.3, -0.25) is 14.6 Å². The summed E-state index contributed by atoms with van der Waals surface area (Å²) in [5.41, 5.74) is 2.00. The fourth-order valence-corrected chi connectivity index (χ4v) is 3.77. The van der Waals surface area contributed by atoms with Gasteiger partial charge in [0.25, 0.3) is 5.91 Å². The summed E-state index contributed by atoms with van der Waals surface area (Å²) < 4.78 is 5.84. The summed E-state index contributed by atoms with van der Waals surface area (Å²) in [5.74, 6) is 0.558. The van der Waals surface area contributed by atoms with Crippen LogP contribution in [-0.4, -0.2) is 21.8 Å². The fourth-order valence-electron chi connectivity index (χ4n) is 3.77. The standard InChI is InChI=1S/C25H26N4O3/c30-24(19-6-2-1-3-7-19)28-21-9-4-8-20(16-21)25(31)29-23-22(10-5-13-27-23)32-17-18-11-14-26-15-12-18/h4-5,8-16,19H,1-3,6-7,17H2,(H,28,30)(H,27,29,31). The number of anilines is 2. The first-order chi connectivity index (χ1) is 15.7. The van der Waals surface area contributed by atoms with Crippen LogP contribution in [0.5, 0.6) is 5.75 Å². The first kappa shape index (κ1) is 21.5. The van der Waals surface area contributed by atoms with Crippen LogP contribution in [-0.2, 0) is 11.4 Å². The number of rotatable bonds is 7. The third-order valence-electron chi connectivity index (χ3n) is 5.51. The molecule has 0 spiro atoms. The van der Waals surface area contributed by atoms with Crippen LogP contribution in [0.2, 0.25) is 0 Å². The van der Waals surface area contributed by atoms with E-state index in [2.05, 4.69) is 20.6 Å². The Hall–Kier alpha value is -3.74. The topological polar surface area (TPSA) is 93.2 Å². The van der Waals surface area contributed by atoms with Gasteiger partial charge >= 0.3 is 0 Å². The van der Waals surface area contributed by atoms with Gasteiger partial charge < -0.3 is 15.4 Å². The van der Waals surface area contributed by atoms with Gasteiger partial charge in [0, 0.05) is 35.8 Å². The molecule has 1 saturated carbocycles. The maximum absolute atomic E-state index is 12.9. The number of pyridine rings is 2. The lowest BCUT2D eigenvalue weighted by Gasteiger charge is -2.20. The smallest absolute Gasteiger partial charge is 0.256 e. The zero-order valence-electron chi connectivity index (χ0n) is 17.8. The molecule has 1 aromatic carbocycles. The van der Waals surface area contributed by atoms with E-state index in [1.165, 1.54) is 6.42 Å². The van der Waals surface area contributed by atoms with Crippen molar-refractivity contribution < 1.29 is 14.3 Å². The van der Waals surface area contributed by atoms with Crippen molar-refractivity contribution in [2.45, 2.75) is 38.7 Å². The predicted octanol–water partition coefficient (Wildman–Crippen LogP) is 4.83. The van der Waals surface area contributed by atoms with Crippen molar-refractivity contribution >= 4 is 23.3 Å². The number of hydrogen-bond donors (Lipinski definition) is 2. The molecule has 32 heavy (non-hydrogen) atoms. The molecule has 1 aliphatic carbocycles. The molecule has 0 aliphatic heterocycles. The highest BCUT2D eigenvalue weighted by molar-refractivity contribution is 6.05. The first-order valence-electron chi connectivity index (χ1n) is 10.9. The number of nitrogens with one attached hydrogen (secondary N) is 2. The molecule has 0 bridgehead atoms. The zero-order valence-corrected chi connectivity index (χ0v) is 17.8. The molecule has 2 N–H and O–H groups in total. The Morgan fingerprint density at radius 2 is 1.75 bits per heavy atom. The molecular formula is C25H26N4O3. The van der Waals surface area contributed by atoms with Crippen molar-refractivity contribution in [2.24, 2.45) is 5.92 Å². The number of hydrogen-bond acceptors (Lipinski definition) is 5. The van der Waals surface area contributed by atoms with E-state index < -0.39 is 0 Å². The number of ether oxygens (including phenoxy) is 1. The Balaban J connectivity index is 1.41. The number of amides is 2. The first-order valence-corrected chi connectivity index (χ1v) is 10.9. The lowest BCUT2D eigenvalue weighted by atomic mass is 9.88. The molecule has 2 amide bonds. The van der Waals surface area contributed by atoms with E-state index in [1.807, 2.05) is 12.1 Å². The van der Waals surface area contributed by atoms with E-state index in [1.54, 1.807) is 55.0 Å². The quantitative estimate of drug-likeness (QED) is 0.560. The lowest BCUT2D eigenvalue weighted by molar-refractivity contribution is -0.120. The molecule has 3 aromatic rings. The molecule has 7 nitrogen and oxygen atoms in total. The summed E-state index contributed by atoms with van der Waals surface area (Å²) >= 11 is 0. The van der Waals surface area contributed by atoms with Crippen molar-refractivity contribution in [3.63, 3.8) is 0 Å². The van der Waals surface area contributed by atoms with Crippen molar-refractivity contribution in [1.29, 1.82) is 0 Å². The Bertz CT molecular complexity index is 1070. The summed E-state index contributed by atoms with van der Waals surface area (Å²) in [4.78, 5) is 33.6. The molecule has 0 saturated heterocycles. The molecule has 0 radical (unpaired) electrons. The van der Waals surface area contributed by atoms with Gasteiger partial charge in [0.2, 0.25) is 5.91 Å². The van der Waals surface area contributed by atoms with E-state index >= 15 is 0 Å². The Morgan fingerprint density at radius 1 is 0.938 bits per heavy atom. The minimum Gasteiger partial charge on any atom is -0.485 e. The second-order valence-electron chi connectivity index (χ2n) is 7.85. The van der Waals surface area contributed by atoms with Crippen molar-refractivity contribution in [3.8, 4) is 5.75 Å². The molecule has 164 valence electrons. The highest BCUT2D eigenvalue weighted by Gasteiger charge is 2.21. The Labute approximate surface area is 187 Å². The van der Waals surface area contributed by atoms with Gasteiger partial charge in [-0.05, 0) is 60.9 Å². The highest BCUT2D eigenvalue weighted by atomic mass is 16.5. The van der Waals surface area contributed by atoms with Crippen LogP contribution in [0.25, 0.3) is 0 Å². The summed E-state index contributed by atoms with van der Waals surface area (Å²) in [7, 11) is 0. The van der Waals surface area contributed by atoms with Crippen molar-refractivity contribution in [1.82, 2.24) is 9.97 Å². The van der Waals surface area contributed by atoms with Crippen LogP contribution in [0.1, 0.15) is 48.0 Å². The van der Waals surface area contributed by atoms with Gasteiger partial charge in [-0.25, -0.2) is 4.98 Å². The van der Waals surface area contributed by atoms with Gasteiger partial charge in [-0.2, -0.15) is 0 Å². The number of aromatic nitrogens is 2. The second-order valence-corrected chi connectivity index (χ2v) is 7.85. The minimum absolute atomic E-state index is 0.0267. The molecule has 0 unspecified atom stereocenters. The van der Waals surface area contributed by atoms with E-state index in [0.717, 1.165) is 31.2 Å². The minimum atomic E-state index is -0.328. The number of carbonyl (C=O) groups excluding carboxylic acids is 2. The summed E-state index contributed by atoms with van der Waals surface area (Å²) in [6, 6.07) is 14.2. The number of nitrogens with zero attached hydrogens (tertiary/aromatic N) is 2. The van der Waals surface area contributed by atoms with Gasteiger partial charge in [0.05, 0.1) is 0 Å². The predicted molar refractivity (Wildman–Crippen MR) is 122 cm³/mol. The molecule has 2 heterocycles. The zero-order chi connectivity index (χ0) is 22.2. The van der Waals surface area contributed by atoms with E-state index in [9.17, 15) is 9.59 Å². The third-order valence-corrected chi connectivity index (χ3v) is 5.51. The largest absolute Gasteiger partial charge is 0.485 e. The summed E-state index contributed by atoms with van der Waals surface area (Å²) in [6.45, 7) is 0.333. The Kier molecular flexibility index (Phi) is 7.07. The normalized spacial score (nSPS) is 13.9. The van der Waals surface area contributed by atoms with E-state index in [0.29, 0.717) is 29.4 Å². The lowest BCUT2D eigenvalue weighted by Crippen LogP contribution is -2.24. The molecule has 7 heteroatoms. The van der Waals surface area contributed by atoms with Gasteiger partial charge in [-0.15, -0.1) is 0 Å². The van der Waals surface area contributed by atoms with Crippen molar-refractivity contribution in [3.05, 3.63) is 78.2 Å². The van der Waals surface area contributed by atoms with Gasteiger partial charge in [-0.1, -0.05) is 25.3 Å². The number of carbonyl (C=O) groups is 2. The van der Waals surface area contributed by atoms with Crippen LogP contribution in [0.3, 0.4) is 0 Å². The average molecular weight is 431 g/mol. The fraction of sp³-hybridized carbons (Fsp3) is 0.280. The third kappa shape index (κ3) is 5.69. The molecule has 2 aromatic heterocycles. The van der Waals surface area contributed by atoms with Crippen LogP contribution in [0.15, 0.2) is 67.1 Å². The van der Waals surface area contributed by atoms with E-state index in [4.69, 9.17) is 4.74 Å². The molecular weight excluding hydrogens is 404 g/mol. The van der Waals surface area contributed by atoms with Crippen LogP contribution in [0.4, 0.5) is 11.5 Å². The monoisotopic (exact) mass is 430 g/mol. The second kappa shape index (κ2) is 10.5. The molecule has 4 rings (SSSR count).